The molecule has 22 heavy (non-hydrogen) atoms. The lowest BCUT2D eigenvalue weighted by Crippen LogP contribution is -2.40. The van der Waals surface area contributed by atoms with Crippen molar-refractivity contribution in [1.29, 1.82) is 0 Å². The normalized spacial score (nSPS) is 28.0. The zero-order valence-corrected chi connectivity index (χ0v) is 12.8. The van der Waals surface area contributed by atoms with Crippen LogP contribution < -0.4 is 0 Å². The molecule has 0 bridgehead atoms. The molecule has 1 atom stereocenters. The number of urea groups is 1. The van der Waals surface area contributed by atoms with Gasteiger partial charge in [-0.2, -0.15) is 0 Å². The monoisotopic (exact) mass is 306 g/mol. The van der Waals surface area contributed by atoms with Crippen LogP contribution >= 0.6 is 0 Å². The van der Waals surface area contributed by atoms with Crippen LogP contribution in [0.5, 0.6) is 0 Å². The molecule has 2 aliphatic heterocycles. The number of carbonyl (C=O) groups is 3. The fourth-order valence-electron chi connectivity index (χ4n) is 3.79. The summed E-state index contributed by atoms with van der Waals surface area (Å²) in [5, 5.41) is 0. The smallest absolute Gasteiger partial charge is 0.334 e. The molecule has 0 N–H and O–H groups in total. The van der Waals surface area contributed by atoms with Gasteiger partial charge in [0.25, 0.3) is 0 Å². The van der Waals surface area contributed by atoms with Gasteiger partial charge in [-0.15, -0.1) is 6.58 Å². The van der Waals surface area contributed by atoms with Crippen molar-refractivity contribution in [1.82, 2.24) is 9.80 Å². The number of imide groups is 2. The Hall–Kier alpha value is -1.69. The van der Waals surface area contributed by atoms with Crippen molar-refractivity contribution >= 4 is 17.8 Å². The first-order valence-corrected chi connectivity index (χ1v) is 8.02. The van der Waals surface area contributed by atoms with Gasteiger partial charge in [-0.3, -0.25) is 19.4 Å². The Kier molecular flexibility index (Phi) is 4.04. The van der Waals surface area contributed by atoms with Crippen LogP contribution in [0.3, 0.4) is 0 Å². The lowest BCUT2D eigenvalue weighted by atomic mass is 9.83. The van der Waals surface area contributed by atoms with E-state index < -0.39 is 17.8 Å². The molecule has 6 nitrogen and oxygen atoms in total. The molecule has 2 saturated heterocycles. The van der Waals surface area contributed by atoms with Crippen LogP contribution in [-0.4, -0.2) is 52.4 Å². The van der Waals surface area contributed by atoms with Crippen LogP contribution in [-0.2, 0) is 14.3 Å². The first-order chi connectivity index (χ1) is 10.6. The third-order valence-electron chi connectivity index (χ3n) is 4.94. The number of rotatable bonds is 4. The van der Waals surface area contributed by atoms with E-state index >= 15 is 0 Å². The summed E-state index contributed by atoms with van der Waals surface area (Å²) in [6, 6.07) is -0.553. The maximum atomic E-state index is 12.2. The molecule has 120 valence electrons. The van der Waals surface area contributed by atoms with Gasteiger partial charge in [-0.1, -0.05) is 25.3 Å². The summed E-state index contributed by atoms with van der Waals surface area (Å²) in [4.78, 5) is 37.9. The highest BCUT2D eigenvalue weighted by Crippen LogP contribution is 2.42. The van der Waals surface area contributed by atoms with E-state index in [-0.39, 0.29) is 24.8 Å². The number of hydrogen-bond acceptors (Lipinski definition) is 4. The SMILES string of the molecule is C=CCN1C(=O)C(=O)N(C[C@H]2CCC3(CCCCC3)O2)C1=O. The zero-order chi connectivity index (χ0) is 15.7. The molecule has 0 radical (unpaired) electrons. The molecule has 0 unspecified atom stereocenters. The quantitative estimate of drug-likeness (QED) is 0.451. The molecule has 4 amide bonds. The lowest BCUT2D eigenvalue weighted by Gasteiger charge is -2.33. The third kappa shape index (κ3) is 2.56. The topological polar surface area (TPSA) is 66.9 Å². The highest BCUT2D eigenvalue weighted by atomic mass is 16.5. The summed E-state index contributed by atoms with van der Waals surface area (Å²) in [6.45, 7) is 3.75. The van der Waals surface area contributed by atoms with Crippen LogP contribution in [0.1, 0.15) is 44.9 Å². The van der Waals surface area contributed by atoms with Crippen LogP contribution in [0.2, 0.25) is 0 Å². The van der Waals surface area contributed by atoms with Crippen LogP contribution in [0.25, 0.3) is 0 Å². The average molecular weight is 306 g/mol. The molecule has 3 aliphatic rings. The molecule has 0 aromatic rings. The van der Waals surface area contributed by atoms with Crippen LogP contribution in [0, 0.1) is 0 Å². The highest BCUT2D eigenvalue weighted by Gasteiger charge is 2.47. The standard InChI is InChI=1S/C16H22N2O4/c1-2-10-17-13(19)14(20)18(15(17)21)11-12-6-9-16(22-12)7-4-3-5-8-16/h2,12H,1,3-11H2/t12-/m1/s1. The molecule has 1 saturated carbocycles. The van der Waals surface area contributed by atoms with Gasteiger partial charge in [0.15, 0.2) is 0 Å². The second-order valence-corrected chi connectivity index (χ2v) is 6.42. The van der Waals surface area contributed by atoms with E-state index in [1.807, 2.05) is 0 Å². The second kappa shape index (κ2) is 5.83. The van der Waals surface area contributed by atoms with Gasteiger partial charge in [0, 0.05) is 6.54 Å². The molecule has 1 spiro atoms. The Morgan fingerprint density at radius 2 is 1.77 bits per heavy atom. The molecule has 0 aromatic carbocycles. The molecule has 0 aromatic heterocycles. The molecular formula is C16H22N2O4. The second-order valence-electron chi connectivity index (χ2n) is 6.42. The van der Waals surface area contributed by atoms with E-state index in [0.29, 0.717) is 0 Å². The molecule has 3 rings (SSSR count). The third-order valence-corrected chi connectivity index (χ3v) is 4.94. The van der Waals surface area contributed by atoms with E-state index in [4.69, 9.17) is 4.74 Å². The summed E-state index contributed by atoms with van der Waals surface area (Å²) in [7, 11) is 0. The van der Waals surface area contributed by atoms with E-state index in [1.54, 1.807) is 0 Å². The Morgan fingerprint density at radius 1 is 1.09 bits per heavy atom. The Balaban J connectivity index is 1.64. The van der Waals surface area contributed by atoms with Crippen molar-refractivity contribution < 1.29 is 19.1 Å². The maximum Gasteiger partial charge on any atom is 0.334 e. The fourth-order valence-corrected chi connectivity index (χ4v) is 3.79. The van der Waals surface area contributed by atoms with Crippen molar-refractivity contribution in [3.05, 3.63) is 12.7 Å². The number of nitrogens with zero attached hydrogens (tertiary/aromatic N) is 2. The molecular weight excluding hydrogens is 284 g/mol. The molecule has 3 fully saturated rings. The predicted octanol–water partition coefficient (Wildman–Crippen LogP) is 1.85. The van der Waals surface area contributed by atoms with E-state index in [0.717, 1.165) is 35.5 Å². The highest BCUT2D eigenvalue weighted by molar-refractivity contribution is 6.44. The van der Waals surface area contributed by atoms with Crippen molar-refractivity contribution in [3.63, 3.8) is 0 Å². The van der Waals surface area contributed by atoms with Gasteiger partial charge in [0.1, 0.15) is 0 Å². The summed E-state index contributed by atoms with van der Waals surface area (Å²) in [6.07, 6.45) is 8.85. The minimum atomic E-state index is -0.768. The molecule has 6 heteroatoms. The summed E-state index contributed by atoms with van der Waals surface area (Å²) in [5.74, 6) is -1.52. The Bertz CT molecular complexity index is 510. The van der Waals surface area contributed by atoms with E-state index in [1.165, 1.54) is 25.3 Å². The van der Waals surface area contributed by atoms with E-state index in [9.17, 15) is 14.4 Å². The largest absolute Gasteiger partial charge is 0.370 e. The first kappa shape index (κ1) is 15.2. The fraction of sp³-hybridized carbons (Fsp3) is 0.688. The zero-order valence-electron chi connectivity index (χ0n) is 12.8. The number of carbonyl (C=O) groups excluding carboxylic acids is 3. The van der Waals surface area contributed by atoms with E-state index in [2.05, 4.69) is 6.58 Å². The van der Waals surface area contributed by atoms with Gasteiger partial charge < -0.3 is 4.74 Å². The minimum Gasteiger partial charge on any atom is -0.370 e. The van der Waals surface area contributed by atoms with Crippen molar-refractivity contribution in [2.45, 2.75) is 56.7 Å². The lowest BCUT2D eigenvalue weighted by molar-refractivity contribution is -0.144. The van der Waals surface area contributed by atoms with Crippen molar-refractivity contribution in [2.24, 2.45) is 0 Å². The minimum absolute atomic E-state index is 0.0560. The summed E-state index contributed by atoms with van der Waals surface area (Å²) < 4.78 is 6.18. The number of ether oxygens (including phenoxy) is 1. The number of hydrogen-bond donors (Lipinski definition) is 0. The molecule has 1 aliphatic carbocycles. The van der Waals surface area contributed by atoms with Gasteiger partial charge in [0.2, 0.25) is 0 Å². The van der Waals surface area contributed by atoms with Gasteiger partial charge in [0.05, 0.1) is 18.2 Å². The Labute approximate surface area is 130 Å². The Morgan fingerprint density at radius 3 is 2.45 bits per heavy atom. The predicted molar refractivity (Wildman–Crippen MR) is 78.9 cm³/mol. The maximum absolute atomic E-state index is 12.2. The van der Waals surface area contributed by atoms with Crippen molar-refractivity contribution in [3.8, 4) is 0 Å². The van der Waals surface area contributed by atoms with Crippen molar-refractivity contribution in [2.75, 3.05) is 13.1 Å². The van der Waals surface area contributed by atoms with Gasteiger partial charge in [-0.05, 0) is 25.7 Å². The van der Waals surface area contributed by atoms with Crippen LogP contribution in [0.15, 0.2) is 12.7 Å². The average Bonchev–Trinajstić information content (AvgIpc) is 2.99. The van der Waals surface area contributed by atoms with Crippen LogP contribution in [0.4, 0.5) is 4.79 Å². The summed E-state index contributed by atoms with van der Waals surface area (Å²) >= 11 is 0. The number of amides is 4. The van der Waals surface area contributed by atoms with Gasteiger partial charge in [-0.25, -0.2) is 4.79 Å². The molecule has 2 heterocycles. The summed E-state index contributed by atoms with van der Waals surface area (Å²) in [5.41, 5.74) is -0.0560. The first-order valence-electron chi connectivity index (χ1n) is 8.02. The van der Waals surface area contributed by atoms with Gasteiger partial charge >= 0.3 is 17.8 Å².